The standard InChI is InChI=1S/C17H23F3N2O2/c18-17(19,20)14-11-15(12-7-8-12)21-22(16(14)23)9-10-24-13-5-3-1-2-4-6-13/h11-13H,1-10H2. The SMILES string of the molecule is O=c1c(C(F)(F)F)cc(C2CC2)nn1CCOC1CCCCCC1. The summed E-state index contributed by atoms with van der Waals surface area (Å²) >= 11 is 0. The molecule has 0 saturated heterocycles. The van der Waals surface area contributed by atoms with Crippen LogP contribution >= 0.6 is 0 Å². The van der Waals surface area contributed by atoms with E-state index in [1.54, 1.807) is 0 Å². The summed E-state index contributed by atoms with van der Waals surface area (Å²) in [5.41, 5.74) is -1.82. The first kappa shape index (κ1) is 17.5. The molecule has 134 valence electrons. The molecule has 0 aromatic carbocycles. The zero-order chi connectivity index (χ0) is 17.2. The molecule has 0 N–H and O–H groups in total. The lowest BCUT2D eigenvalue weighted by Gasteiger charge is -2.16. The van der Waals surface area contributed by atoms with Gasteiger partial charge in [0.15, 0.2) is 0 Å². The smallest absolute Gasteiger partial charge is 0.376 e. The van der Waals surface area contributed by atoms with Crippen molar-refractivity contribution in [2.24, 2.45) is 0 Å². The van der Waals surface area contributed by atoms with Gasteiger partial charge in [0.25, 0.3) is 5.56 Å². The van der Waals surface area contributed by atoms with Gasteiger partial charge in [-0.1, -0.05) is 25.7 Å². The van der Waals surface area contributed by atoms with Gasteiger partial charge in [0.2, 0.25) is 0 Å². The van der Waals surface area contributed by atoms with Crippen LogP contribution < -0.4 is 5.56 Å². The largest absolute Gasteiger partial charge is 0.421 e. The van der Waals surface area contributed by atoms with E-state index in [2.05, 4.69) is 5.10 Å². The molecule has 7 heteroatoms. The van der Waals surface area contributed by atoms with Gasteiger partial charge in [-0.25, -0.2) is 4.68 Å². The maximum atomic E-state index is 13.1. The van der Waals surface area contributed by atoms with Crippen molar-refractivity contribution < 1.29 is 17.9 Å². The summed E-state index contributed by atoms with van der Waals surface area (Å²) in [6, 6.07) is 0.919. The lowest BCUT2D eigenvalue weighted by molar-refractivity contribution is -0.139. The van der Waals surface area contributed by atoms with Crippen LogP contribution in [0.25, 0.3) is 0 Å². The number of alkyl halides is 3. The Bertz CT molecular complexity index is 615. The van der Waals surface area contributed by atoms with E-state index in [4.69, 9.17) is 4.74 Å². The van der Waals surface area contributed by atoms with E-state index in [-0.39, 0.29) is 25.2 Å². The summed E-state index contributed by atoms with van der Waals surface area (Å²) in [5.74, 6) is 0.0562. The number of aromatic nitrogens is 2. The molecule has 2 fully saturated rings. The Hall–Kier alpha value is -1.37. The molecule has 24 heavy (non-hydrogen) atoms. The van der Waals surface area contributed by atoms with Crippen LogP contribution in [0.2, 0.25) is 0 Å². The monoisotopic (exact) mass is 344 g/mol. The van der Waals surface area contributed by atoms with Gasteiger partial charge in [-0.2, -0.15) is 18.3 Å². The zero-order valence-electron chi connectivity index (χ0n) is 13.6. The van der Waals surface area contributed by atoms with Crippen LogP contribution in [0.15, 0.2) is 10.9 Å². The van der Waals surface area contributed by atoms with Gasteiger partial charge in [0, 0.05) is 5.92 Å². The molecule has 1 aromatic rings. The van der Waals surface area contributed by atoms with Crippen molar-refractivity contribution in [3.05, 3.63) is 27.7 Å². The third-order valence-electron chi connectivity index (χ3n) is 4.75. The highest BCUT2D eigenvalue weighted by atomic mass is 19.4. The molecule has 1 heterocycles. The van der Waals surface area contributed by atoms with Crippen molar-refractivity contribution >= 4 is 0 Å². The molecular weight excluding hydrogens is 321 g/mol. The van der Waals surface area contributed by atoms with E-state index in [0.717, 1.165) is 49.3 Å². The van der Waals surface area contributed by atoms with Crippen molar-refractivity contribution in [3.8, 4) is 0 Å². The number of hydrogen-bond acceptors (Lipinski definition) is 3. The van der Waals surface area contributed by atoms with Crippen molar-refractivity contribution in [1.82, 2.24) is 9.78 Å². The average Bonchev–Trinajstić information content (AvgIpc) is 3.34. The Kier molecular flexibility index (Phi) is 5.27. The van der Waals surface area contributed by atoms with Gasteiger partial charge in [-0.05, 0) is 31.7 Å². The minimum Gasteiger partial charge on any atom is -0.376 e. The van der Waals surface area contributed by atoms with Crippen molar-refractivity contribution in [1.29, 1.82) is 0 Å². The first-order valence-corrected chi connectivity index (χ1v) is 8.76. The third-order valence-corrected chi connectivity index (χ3v) is 4.75. The maximum absolute atomic E-state index is 13.1. The van der Waals surface area contributed by atoms with Crippen molar-refractivity contribution in [3.63, 3.8) is 0 Å². The molecule has 0 unspecified atom stereocenters. The highest BCUT2D eigenvalue weighted by Gasteiger charge is 2.37. The first-order chi connectivity index (χ1) is 11.4. The number of nitrogens with zero attached hydrogens (tertiary/aromatic N) is 2. The van der Waals surface area contributed by atoms with E-state index in [0.29, 0.717) is 5.69 Å². The van der Waals surface area contributed by atoms with Gasteiger partial charge in [0.05, 0.1) is 24.9 Å². The van der Waals surface area contributed by atoms with Crippen molar-refractivity contribution in [2.75, 3.05) is 6.61 Å². The van der Waals surface area contributed by atoms with Gasteiger partial charge in [0.1, 0.15) is 5.56 Å². The molecule has 0 radical (unpaired) electrons. The summed E-state index contributed by atoms with van der Waals surface area (Å²) in [6.07, 6.45) is 3.80. The summed E-state index contributed by atoms with van der Waals surface area (Å²) in [6.45, 7) is 0.294. The second-order valence-electron chi connectivity index (χ2n) is 6.77. The van der Waals surface area contributed by atoms with E-state index in [9.17, 15) is 18.0 Å². The normalized spacial score (nSPS) is 20.1. The average molecular weight is 344 g/mol. The molecule has 0 spiro atoms. The summed E-state index contributed by atoms with van der Waals surface area (Å²) in [7, 11) is 0. The summed E-state index contributed by atoms with van der Waals surface area (Å²) in [4.78, 5) is 12.1. The Morgan fingerprint density at radius 3 is 2.38 bits per heavy atom. The number of rotatable bonds is 5. The molecule has 0 aliphatic heterocycles. The fourth-order valence-electron chi connectivity index (χ4n) is 3.21. The summed E-state index contributed by atoms with van der Waals surface area (Å²) in [5, 5.41) is 4.13. The lowest BCUT2D eigenvalue weighted by Crippen LogP contribution is -2.33. The Morgan fingerprint density at radius 1 is 1.12 bits per heavy atom. The van der Waals surface area contributed by atoms with Gasteiger partial charge < -0.3 is 4.74 Å². The molecule has 0 bridgehead atoms. The molecule has 2 aliphatic rings. The fraction of sp³-hybridized carbons (Fsp3) is 0.765. The second-order valence-corrected chi connectivity index (χ2v) is 6.77. The van der Waals surface area contributed by atoms with E-state index < -0.39 is 17.3 Å². The van der Waals surface area contributed by atoms with Crippen molar-refractivity contribution in [2.45, 2.75) is 76.1 Å². The maximum Gasteiger partial charge on any atom is 0.421 e. The fourth-order valence-corrected chi connectivity index (χ4v) is 3.21. The second kappa shape index (κ2) is 7.25. The quantitative estimate of drug-likeness (QED) is 0.762. The molecule has 0 atom stereocenters. The van der Waals surface area contributed by atoms with Gasteiger partial charge >= 0.3 is 6.18 Å². The van der Waals surface area contributed by atoms with Gasteiger partial charge in [-0.3, -0.25) is 4.79 Å². The van der Waals surface area contributed by atoms with Gasteiger partial charge in [-0.15, -0.1) is 0 Å². The minimum atomic E-state index is -4.65. The molecule has 3 rings (SSSR count). The number of ether oxygens (including phenoxy) is 1. The molecule has 0 amide bonds. The van der Waals surface area contributed by atoms with Crippen LogP contribution in [0, 0.1) is 0 Å². The number of halogens is 3. The highest BCUT2D eigenvalue weighted by Crippen LogP contribution is 2.40. The molecular formula is C17H23F3N2O2. The van der Waals surface area contributed by atoms with Crippen LogP contribution in [0.4, 0.5) is 13.2 Å². The van der Waals surface area contributed by atoms with Crippen LogP contribution in [0.5, 0.6) is 0 Å². The zero-order valence-corrected chi connectivity index (χ0v) is 13.6. The molecule has 1 aromatic heterocycles. The molecule has 2 aliphatic carbocycles. The van der Waals surface area contributed by atoms with E-state index in [1.807, 2.05) is 0 Å². The number of hydrogen-bond donors (Lipinski definition) is 0. The lowest BCUT2D eigenvalue weighted by atomic mass is 10.1. The summed E-state index contributed by atoms with van der Waals surface area (Å²) < 4.78 is 46.0. The van der Waals surface area contributed by atoms with Crippen LogP contribution in [0.3, 0.4) is 0 Å². The topological polar surface area (TPSA) is 44.1 Å². The van der Waals surface area contributed by atoms with Crippen LogP contribution in [-0.2, 0) is 17.5 Å². The Balaban J connectivity index is 1.69. The highest BCUT2D eigenvalue weighted by molar-refractivity contribution is 5.22. The van der Waals surface area contributed by atoms with E-state index >= 15 is 0 Å². The van der Waals surface area contributed by atoms with Crippen LogP contribution in [0.1, 0.15) is 68.5 Å². The molecule has 2 saturated carbocycles. The Morgan fingerprint density at radius 2 is 1.79 bits per heavy atom. The first-order valence-electron chi connectivity index (χ1n) is 8.76. The predicted octanol–water partition coefficient (Wildman–Crippen LogP) is 3.88. The third kappa shape index (κ3) is 4.37. The molecule has 4 nitrogen and oxygen atoms in total. The Labute approximate surface area is 139 Å². The predicted molar refractivity (Wildman–Crippen MR) is 82.9 cm³/mol. The minimum absolute atomic E-state index is 0.0562. The van der Waals surface area contributed by atoms with Crippen LogP contribution in [-0.4, -0.2) is 22.5 Å². The van der Waals surface area contributed by atoms with E-state index in [1.165, 1.54) is 12.8 Å².